The van der Waals surface area contributed by atoms with Crippen LogP contribution in [0.4, 0.5) is 17.2 Å². The van der Waals surface area contributed by atoms with Gasteiger partial charge in [0.15, 0.2) is 0 Å². The van der Waals surface area contributed by atoms with Crippen molar-refractivity contribution >= 4 is 23.1 Å². The molecule has 1 aromatic heterocycles. The van der Waals surface area contributed by atoms with E-state index in [4.69, 9.17) is 4.74 Å². The van der Waals surface area contributed by atoms with E-state index in [1.165, 1.54) is 11.3 Å². The molecule has 1 aliphatic heterocycles. The van der Waals surface area contributed by atoms with E-state index in [9.17, 15) is 4.79 Å². The minimum Gasteiger partial charge on any atom is -0.494 e. The summed E-state index contributed by atoms with van der Waals surface area (Å²) in [5.74, 6) is 1.43. The maximum Gasteiger partial charge on any atom is 0.255 e. The van der Waals surface area contributed by atoms with Crippen LogP contribution < -0.4 is 15.0 Å². The lowest BCUT2D eigenvalue weighted by molar-refractivity contribution is 0.102. The second kappa shape index (κ2) is 8.13. The Kier molecular flexibility index (Phi) is 5.24. The number of aryl methyl sites for hydroxylation is 1. The second-order valence-electron chi connectivity index (χ2n) is 6.70. The Morgan fingerprint density at radius 2 is 1.96 bits per heavy atom. The highest BCUT2D eigenvalue weighted by atomic mass is 16.5. The molecule has 2 heterocycles. The number of benzene rings is 2. The van der Waals surface area contributed by atoms with Crippen LogP contribution in [0.5, 0.6) is 5.75 Å². The maximum absolute atomic E-state index is 12.7. The fraction of sp³-hybridized carbons (Fsp3) is 0.217. The zero-order valence-electron chi connectivity index (χ0n) is 15.9. The lowest BCUT2D eigenvalue weighted by Gasteiger charge is -2.30. The summed E-state index contributed by atoms with van der Waals surface area (Å²) in [6.07, 6.45) is 3.84. The summed E-state index contributed by atoms with van der Waals surface area (Å²) in [4.78, 5) is 19.4. The van der Waals surface area contributed by atoms with Crippen LogP contribution in [0.3, 0.4) is 0 Å². The summed E-state index contributed by atoms with van der Waals surface area (Å²) in [7, 11) is 0. The van der Waals surface area contributed by atoms with Gasteiger partial charge in [0.2, 0.25) is 0 Å². The molecule has 1 N–H and O–H groups in total. The van der Waals surface area contributed by atoms with E-state index in [-0.39, 0.29) is 5.91 Å². The van der Waals surface area contributed by atoms with E-state index >= 15 is 0 Å². The van der Waals surface area contributed by atoms with Gasteiger partial charge in [-0.25, -0.2) is 4.98 Å². The van der Waals surface area contributed by atoms with Gasteiger partial charge in [-0.05, 0) is 67.8 Å². The summed E-state index contributed by atoms with van der Waals surface area (Å²) < 4.78 is 5.44. The van der Waals surface area contributed by atoms with E-state index in [1.54, 1.807) is 12.3 Å². The number of hydrogen-bond donors (Lipinski definition) is 1. The number of fused-ring (bicyclic) bond motifs is 1. The normalized spacial score (nSPS) is 13.0. The number of pyridine rings is 1. The monoisotopic (exact) mass is 373 g/mol. The molecule has 0 radical (unpaired) electrons. The Hall–Kier alpha value is -3.34. The van der Waals surface area contributed by atoms with Gasteiger partial charge in [0.1, 0.15) is 11.6 Å². The predicted molar refractivity (Wildman–Crippen MR) is 112 cm³/mol. The third kappa shape index (κ3) is 3.83. The third-order valence-corrected chi connectivity index (χ3v) is 4.82. The molecule has 3 aromatic rings. The first-order valence-electron chi connectivity index (χ1n) is 9.60. The van der Waals surface area contributed by atoms with E-state index in [0.717, 1.165) is 36.6 Å². The molecule has 1 amide bonds. The highest BCUT2D eigenvalue weighted by Gasteiger charge is 2.19. The number of aromatic nitrogens is 1. The number of amides is 1. The molecule has 5 heteroatoms. The van der Waals surface area contributed by atoms with Crippen molar-refractivity contribution in [3.8, 4) is 5.75 Å². The van der Waals surface area contributed by atoms with Crippen molar-refractivity contribution in [2.24, 2.45) is 0 Å². The Morgan fingerprint density at radius 3 is 2.79 bits per heavy atom. The standard InChI is InChI=1S/C23H23N3O2/c1-2-28-20-11-9-19(10-12-20)25-23(27)18-13-14-24-22(16-18)26-15-5-7-17-6-3-4-8-21(17)26/h3-4,6,8-14,16H,2,5,7,15H2,1H3,(H,25,27). The molecule has 4 rings (SSSR count). The summed E-state index contributed by atoms with van der Waals surface area (Å²) in [6.45, 7) is 3.45. The quantitative estimate of drug-likeness (QED) is 0.697. The SMILES string of the molecule is CCOc1ccc(NC(=O)c2ccnc(N3CCCc4ccccc43)c2)cc1. The van der Waals surface area contributed by atoms with Crippen LogP contribution >= 0.6 is 0 Å². The van der Waals surface area contributed by atoms with Crippen molar-refractivity contribution in [1.29, 1.82) is 0 Å². The van der Waals surface area contributed by atoms with Gasteiger partial charge in [-0.3, -0.25) is 4.79 Å². The number of nitrogens with zero attached hydrogens (tertiary/aromatic N) is 2. The number of carbonyl (C=O) groups is 1. The molecule has 0 atom stereocenters. The molecule has 0 aliphatic carbocycles. The summed E-state index contributed by atoms with van der Waals surface area (Å²) in [6, 6.07) is 19.3. The molecule has 0 bridgehead atoms. The van der Waals surface area contributed by atoms with Crippen LogP contribution in [-0.4, -0.2) is 24.0 Å². The predicted octanol–water partition coefficient (Wildman–Crippen LogP) is 4.82. The zero-order chi connectivity index (χ0) is 19.3. The highest BCUT2D eigenvalue weighted by Crippen LogP contribution is 2.32. The smallest absolute Gasteiger partial charge is 0.255 e. The van der Waals surface area contributed by atoms with Crippen molar-refractivity contribution in [2.45, 2.75) is 19.8 Å². The zero-order valence-corrected chi connectivity index (χ0v) is 15.9. The lowest BCUT2D eigenvalue weighted by Crippen LogP contribution is -2.25. The van der Waals surface area contributed by atoms with Crippen LogP contribution in [0.25, 0.3) is 0 Å². The van der Waals surface area contributed by atoms with Gasteiger partial charge in [-0.15, -0.1) is 0 Å². The van der Waals surface area contributed by atoms with Crippen molar-refractivity contribution in [1.82, 2.24) is 4.98 Å². The van der Waals surface area contributed by atoms with Crippen LogP contribution in [0.1, 0.15) is 29.3 Å². The molecular formula is C23H23N3O2. The number of ether oxygens (including phenoxy) is 1. The van der Waals surface area contributed by atoms with Gasteiger partial charge in [-0.1, -0.05) is 18.2 Å². The molecule has 28 heavy (non-hydrogen) atoms. The van der Waals surface area contributed by atoms with E-state index in [2.05, 4.69) is 33.4 Å². The highest BCUT2D eigenvalue weighted by molar-refractivity contribution is 6.04. The molecular weight excluding hydrogens is 350 g/mol. The molecule has 0 spiro atoms. The van der Waals surface area contributed by atoms with Gasteiger partial charge in [0.05, 0.1) is 6.61 Å². The van der Waals surface area contributed by atoms with Crippen LogP contribution in [-0.2, 0) is 6.42 Å². The average Bonchev–Trinajstić information content (AvgIpc) is 2.75. The van der Waals surface area contributed by atoms with Crippen LogP contribution in [0.2, 0.25) is 0 Å². The average molecular weight is 373 g/mol. The van der Waals surface area contributed by atoms with Crippen molar-refractivity contribution < 1.29 is 9.53 Å². The molecule has 1 aliphatic rings. The minimum absolute atomic E-state index is 0.155. The minimum atomic E-state index is -0.155. The van der Waals surface area contributed by atoms with Gasteiger partial charge in [0, 0.05) is 29.7 Å². The second-order valence-corrected chi connectivity index (χ2v) is 6.70. The summed E-state index contributed by atoms with van der Waals surface area (Å²) in [5, 5.41) is 2.94. The Bertz CT molecular complexity index is 970. The summed E-state index contributed by atoms with van der Waals surface area (Å²) in [5.41, 5.74) is 3.81. The first kappa shape index (κ1) is 18.0. The van der Waals surface area contributed by atoms with Gasteiger partial charge in [0.25, 0.3) is 5.91 Å². The number of rotatable bonds is 5. The Balaban J connectivity index is 1.53. The van der Waals surface area contributed by atoms with Crippen molar-refractivity contribution in [3.05, 3.63) is 78.0 Å². The number of carbonyl (C=O) groups excluding carboxylic acids is 1. The molecule has 0 unspecified atom stereocenters. The number of para-hydroxylation sites is 1. The topological polar surface area (TPSA) is 54.5 Å². The van der Waals surface area contributed by atoms with E-state index in [1.807, 2.05) is 43.3 Å². The fourth-order valence-electron chi connectivity index (χ4n) is 3.48. The Labute approximate surface area is 165 Å². The largest absolute Gasteiger partial charge is 0.494 e. The Morgan fingerprint density at radius 1 is 1.14 bits per heavy atom. The summed E-state index contributed by atoms with van der Waals surface area (Å²) >= 11 is 0. The van der Waals surface area contributed by atoms with Crippen molar-refractivity contribution in [3.63, 3.8) is 0 Å². The molecule has 0 saturated carbocycles. The first-order valence-corrected chi connectivity index (χ1v) is 9.60. The molecule has 0 saturated heterocycles. The van der Waals surface area contributed by atoms with Gasteiger partial charge < -0.3 is 15.0 Å². The number of nitrogens with one attached hydrogen (secondary N) is 1. The number of anilines is 3. The first-order chi connectivity index (χ1) is 13.7. The molecule has 142 valence electrons. The van der Waals surface area contributed by atoms with Crippen molar-refractivity contribution in [2.75, 3.05) is 23.4 Å². The molecule has 0 fully saturated rings. The van der Waals surface area contributed by atoms with Crippen LogP contribution in [0.15, 0.2) is 66.9 Å². The third-order valence-electron chi connectivity index (χ3n) is 4.82. The van der Waals surface area contributed by atoms with E-state index < -0.39 is 0 Å². The van der Waals surface area contributed by atoms with E-state index in [0.29, 0.717) is 12.2 Å². The molecule has 5 nitrogen and oxygen atoms in total. The maximum atomic E-state index is 12.7. The fourth-order valence-corrected chi connectivity index (χ4v) is 3.48. The number of hydrogen-bond acceptors (Lipinski definition) is 4. The lowest BCUT2D eigenvalue weighted by atomic mass is 10.0. The molecule has 2 aromatic carbocycles. The van der Waals surface area contributed by atoms with Gasteiger partial charge >= 0.3 is 0 Å². The van der Waals surface area contributed by atoms with Crippen LogP contribution in [0, 0.1) is 0 Å². The van der Waals surface area contributed by atoms with Gasteiger partial charge in [-0.2, -0.15) is 0 Å².